The van der Waals surface area contributed by atoms with Crippen LogP contribution < -0.4 is 0 Å². The van der Waals surface area contributed by atoms with Crippen molar-refractivity contribution >= 4 is 5.97 Å². The first-order valence-corrected chi connectivity index (χ1v) is 3.48. The molecule has 1 aliphatic heterocycles. The molecule has 0 aromatic rings. The molecule has 0 atom stereocenters. The van der Waals surface area contributed by atoms with Gasteiger partial charge >= 0.3 is 5.97 Å². The van der Waals surface area contributed by atoms with Crippen molar-refractivity contribution in [3.8, 4) is 0 Å². The lowest BCUT2D eigenvalue weighted by atomic mass is 10.2. The third kappa shape index (κ3) is 2.69. The lowest BCUT2D eigenvalue weighted by molar-refractivity contribution is -0.131. The van der Waals surface area contributed by atoms with Crippen LogP contribution in [0.2, 0.25) is 0 Å². The number of rotatable bonds is 3. The number of carboxylic acids is 1. The van der Waals surface area contributed by atoms with Crippen molar-refractivity contribution in [2.45, 2.75) is 6.10 Å². The maximum atomic E-state index is 10.00. The van der Waals surface area contributed by atoms with E-state index in [1.54, 1.807) is 6.08 Å². The van der Waals surface area contributed by atoms with Crippen LogP contribution in [0.3, 0.4) is 0 Å². The van der Waals surface area contributed by atoms with E-state index in [9.17, 15) is 4.79 Å². The second-order valence-corrected chi connectivity index (χ2v) is 2.61. The third-order valence-electron chi connectivity index (χ3n) is 1.56. The molecule has 0 radical (unpaired) electrons. The first kappa shape index (κ1) is 8.23. The van der Waals surface area contributed by atoms with Gasteiger partial charge in [0.15, 0.2) is 0 Å². The van der Waals surface area contributed by atoms with Crippen LogP contribution in [0.1, 0.15) is 0 Å². The SMILES string of the molecule is O=C(O)/C=C/CN1CC(O)C1. The summed E-state index contributed by atoms with van der Waals surface area (Å²) in [5, 5.41) is 17.1. The molecule has 0 aliphatic carbocycles. The zero-order valence-electron chi connectivity index (χ0n) is 6.10. The molecule has 1 aliphatic rings. The summed E-state index contributed by atoms with van der Waals surface area (Å²) >= 11 is 0. The van der Waals surface area contributed by atoms with E-state index in [0.717, 1.165) is 6.08 Å². The molecule has 4 nitrogen and oxygen atoms in total. The van der Waals surface area contributed by atoms with Gasteiger partial charge in [-0.15, -0.1) is 0 Å². The van der Waals surface area contributed by atoms with Crippen molar-refractivity contribution in [1.29, 1.82) is 0 Å². The second kappa shape index (κ2) is 3.50. The Kier molecular flexibility index (Phi) is 2.62. The van der Waals surface area contributed by atoms with Crippen LogP contribution in [0.15, 0.2) is 12.2 Å². The van der Waals surface area contributed by atoms with Crippen molar-refractivity contribution in [1.82, 2.24) is 4.90 Å². The summed E-state index contributed by atoms with van der Waals surface area (Å²) in [5.74, 6) is -0.925. The highest BCUT2D eigenvalue weighted by molar-refractivity contribution is 5.79. The first-order valence-electron chi connectivity index (χ1n) is 3.48. The number of carbonyl (C=O) groups is 1. The van der Waals surface area contributed by atoms with E-state index >= 15 is 0 Å². The van der Waals surface area contributed by atoms with E-state index in [-0.39, 0.29) is 6.10 Å². The van der Waals surface area contributed by atoms with Gasteiger partial charge in [0.25, 0.3) is 0 Å². The van der Waals surface area contributed by atoms with Crippen molar-refractivity contribution in [3.63, 3.8) is 0 Å². The summed E-state index contributed by atoms with van der Waals surface area (Å²) in [6.07, 6.45) is 2.48. The average Bonchev–Trinajstić information content (AvgIpc) is 1.83. The molecule has 2 N–H and O–H groups in total. The van der Waals surface area contributed by atoms with E-state index in [4.69, 9.17) is 10.2 Å². The minimum absolute atomic E-state index is 0.215. The van der Waals surface area contributed by atoms with Gasteiger partial charge in [-0.25, -0.2) is 4.79 Å². The van der Waals surface area contributed by atoms with Crippen molar-refractivity contribution < 1.29 is 15.0 Å². The molecule has 0 amide bonds. The number of aliphatic carboxylic acids is 1. The number of likely N-dealkylation sites (tertiary alicyclic amines) is 1. The standard InChI is InChI=1S/C7H11NO3/c9-6-4-8(5-6)3-1-2-7(10)11/h1-2,6,9H,3-5H2,(H,10,11)/b2-1+. The molecule has 0 aromatic carbocycles. The molecular weight excluding hydrogens is 146 g/mol. The summed E-state index contributed by atoms with van der Waals surface area (Å²) in [6.45, 7) is 1.93. The Labute approximate surface area is 64.7 Å². The van der Waals surface area contributed by atoms with Gasteiger partial charge < -0.3 is 10.2 Å². The Morgan fingerprint density at radius 1 is 1.64 bits per heavy atom. The average molecular weight is 157 g/mol. The molecule has 1 heterocycles. The van der Waals surface area contributed by atoms with E-state index in [1.165, 1.54) is 0 Å². The van der Waals surface area contributed by atoms with Crippen LogP contribution in [-0.4, -0.2) is 46.8 Å². The van der Waals surface area contributed by atoms with Gasteiger partial charge in [0, 0.05) is 25.7 Å². The predicted molar refractivity (Wildman–Crippen MR) is 39.2 cm³/mol. The number of hydrogen-bond donors (Lipinski definition) is 2. The largest absolute Gasteiger partial charge is 0.478 e. The minimum atomic E-state index is -0.925. The Bertz CT molecular complexity index is 173. The highest BCUT2D eigenvalue weighted by Gasteiger charge is 2.22. The molecule has 0 saturated carbocycles. The number of hydrogen-bond acceptors (Lipinski definition) is 3. The van der Waals surface area contributed by atoms with Crippen molar-refractivity contribution in [3.05, 3.63) is 12.2 Å². The first-order chi connectivity index (χ1) is 5.18. The topological polar surface area (TPSA) is 60.8 Å². The van der Waals surface area contributed by atoms with Gasteiger partial charge in [0.1, 0.15) is 0 Å². The van der Waals surface area contributed by atoms with Gasteiger partial charge in [0.05, 0.1) is 6.10 Å². The van der Waals surface area contributed by atoms with Gasteiger partial charge in [-0.1, -0.05) is 6.08 Å². The van der Waals surface area contributed by atoms with Crippen LogP contribution in [-0.2, 0) is 4.79 Å². The van der Waals surface area contributed by atoms with Gasteiger partial charge in [-0.05, 0) is 0 Å². The Morgan fingerprint density at radius 2 is 2.27 bits per heavy atom. The highest BCUT2D eigenvalue weighted by atomic mass is 16.4. The number of carboxylic acid groups (broad SMARTS) is 1. The third-order valence-corrected chi connectivity index (χ3v) is 1.56. The molecule has 4 heteroatoms. The van der Waals surface area contributed by atoms with E-state index in [2.05, 4.69) is 0 Å². The summed E-state index contributed by atoms with van der Waals surface area (Å²) in [7, 11) is 0. The smallest absolute Gasteiger partial charge is 0.328 e. The number of β-amino-alcohol motifs (C(OH)–C–C–N with tert-alkyl or cyclic N) is 1. The van der Waals surface area contributed by atoms with Gasteiger partial charge in [-0.3, -0.25) is 4.90 Å². The fourth-order valence-corrected chi connectivity index (χ4v) is 0.994. The maximum Gasteiger partial charge on any atom is 0.328 e. The zero-order valence-corrected chi connectivity index (χ0v) is 6.10. The monoisotopic (exact) mass is 157 g/mol. The number of nitrogens with zero attached hydrogens (tertiary/aromatic N) is 1. The summed E-state index contributed by atoms with van der Waals surface area (Å²) in [6, 6.07) is 0. The molecule has 11 heavy (non-hydrogen) atoms. The van der Waals surface area contributed by atoms with E-state index in [1.807, 2.05) is 4.90 Å². The molecule has 1 rings (SSSR count). The van der Waals surface area contributed by atoms with Crippen LogP contribution >= 0.6 is 0 Å². The van der Waals surface area contributed by atoms with E-state index in [0.29, 0.717) is 19.6 Å². The second-order valence-electron chi connectivity index (χ2n) is 2.61. The highest BCUT2D eigenvalue weighted by Crippen LogP contribution is 2.05. The normalized spacial score (nSPS) is 20.5. The molecule has 1 saturated heterocycles. The predicted octanol–water partition coefficient (Wildman–Crippen LogP) is -0.696. The van der Waals surface area contributed by atoms with Crippen LogP contribution in [0.5, 0.6) is 0 Å². The molecule has 0 aromatic heterocycles. The fourth-order valence-electron chi connectivity index (χ4n) is 0.994. The lowest BCUT2D eigenvalue weighted by Crippen LogP contribution is -2.50. The molecule has 0 spiro atoms. The van der Waals surface area contributed by atoms with E-state index < -0.39 is 5.97 Å². The quantitative estimate of drug-likeness (QED) is 0.532. The number of aliphatic hydroxyl groups excluding tert-OH is 1. The minimum Gasteiger partial charge on any atom is -0.478 e. The van der Waals surface area contributed by atoms with Crippen molar-refractivity contribution in [2.75, 3.05) is 19.6 Å². The van der Waals surface area contributed by atoms with Crippen LogP contribution in [0.25, 0.3) is 0 Å². The molecular formula is C7H11NO3. The van der Waals surface area contributed by atoms with Crippen LogP contribution in [0, 0.1) is 0 Å². The van der Waals surface area contributed by atoms with Crippen LogP contribution in [0.4, 0.5) is 0 Å². The number of aliphatic hydroxyl groups is 1. The summed E-state index contributed by atoms with van der Waals surface area (Å²) in [5.41, 5.74) is 0. The fraction of sp³-hybridized carbons (Fsp3) is 0.571. The maximum absolute atomic E-state index is 10.00. The Morgan fingerprint density at radius 3 is 2.73 bits per heavy atom. The molecule has 62 valence electrons. The van der Waals surface area contributed by atoms with Crippen molar-refractivity contribution in [2.24, 2.45) is 0 Å². The zero-order chi connectivity index (χ0) is 8.27. The van der Waals surface area contributed by atoms with Gasteiger partial charge in [0.2, 0.25) is 0 Å². The molecule has 1 fully saturated rings. The Balaban J connectivity index is 2.09. The summed E-state index contributed by atoms with van der Waals surface area (Å²) < 4.78 is 0. The van der Waals surface area contributed by atoms with Gasteiger partial charge in [-0.2, -0.15) is 0 Å². The summed E-state index contributed by atoms with van der Waals surface area (Å²) in [4.78, 5) is 12.0. The molecule has 0 unspecified atom stereocenters. The molecule has 0 bridgehead atoms. The Hall–Kier alpha value is -0.870. The lowest BCUT2D eigenvalue weighted by Gasteiger charge is -2.34.